The molecule has 116 valence electrons. The van der Waals surface area contributed by atoms with Crippen LogP contribution >= 0.6 is 15.9 Å². The molecule has 1 aliphatic rings. The molecule has 0 unspecified atom stereocenters. The lowest BCUT2D eigenvalue weighted by atomic mass is 9.90. The third-order valence-corrected chi connectivity index (χ3v) is 5.88. The molecule has 1 aromatic carbocycles. The number of aromatic carboxylic acids is 1. The summed E-state index contributed by atoms with van der Waals surface area (Å²) in [5.41, 5.74) is -0.0597. The molecule has 1 fully saturated rings. The van der Waals surface area contributed by atoms with Gasteiger partial charge in [-0.25, -0.2) is 17.9 Å². The number of hydrogen-bond acceptors (Lipinski definition) is 3. The zero-order valence-corrected chi connectivity index (χ0v) is 13.9. The Hall–Kier alpha value is -0.920. The molecule has 21 heavy (non-hydrogen) atoms. The first kappa shape index (κ1) is 16.5. The third kappa shape index (κ3) is 4.28. The Labute approximate surface area is 132 Å². The number of hydrogen-bond donors (Lipinski definition) is 2. The first-order valence-electron chi connectivity index (χ1n) is 6.92. The van der Waals surface area contributed by atoms with Crippen LogP contribution in [0.2, 0.25) is 0 Å². The van der Waals surface area contributed by atoms with Crippen LogP contribution in [0.25, 0.3) is 0 Å². The van der Waals surface area contributed by atoms with Gasteiger partial charge in [0, 0.05) is 11.0 Å². The van der Waals surface area contributed by atoms with Crippen LogP contribution < -0.4 is 4.72 Å². The Balaban J connectivity index is 2.11. The first-order valence-corrected chi connectivity index (χ1v) is 9.20. The second kappa shape index (κ2) is 6.89. The van der Waals surface area contributed by atoms with Gasteiger partial charge in [0.2, 0.25) is 10.0 Å². The fourth-order valence-corrected chi connectivity index (χ4v) is 4.10. The van der Waals surface area contributed by atoms with Crippen LogP contribution in [0.5, 0.6) is 0 Å². The highest BCUT2D eigenvalue weighted by Gasteiger charge is 2.20. The van der Waals surface area contributed by atoms with E-state index in [0.717, 1.165) is 25.7 Å². The van der Waals surface area contributed by atoms with Crippen molar-refractivity contribution in [3.8, 4) is 0 Å². The molecule has 0 aliphatic heterocycles. The smallest absolute Gasteiger partial charge is 0.336 e. The predicted molar refractivity (Wildman–Crippen MR) is 82.9 cm³/mol. The van der Waals surface area contributed by atoms with Crippen LogP contribution in [-0.2, 0) is 10.0 Å². The first-order chi connectivity index (χ1) is 9.90. The van der Waals surface area contributed by atoms with Crippen molar-refractivity contribution >= 4 is 31.9 Å². The Morgan fingerprint density at radius 3 is 2.57 bits per heavy atom. The van der Waals surface area contributed by atoms with Gasteiger partial charge in [0.25, 0.3) is 0 Å². The van der Waals surface area contributed by atoms with E-state index in [9.17, 15) is 13.2 Å². The third-order valence-electron chi connectivity index (χ3n) is 3.77. The molecule has 2 N–H and O–H groups in total. The fraction of sp³-hybridized carbons (Fsp3) is 0.500. The highest BCUT2D eigenvalue weighted by molar-refractivity contribution is 9.10. The Morgan fingerprint density at radius 2 is 1.95 bits per heavy atom. The van der Waals surface area contributed by atoms with Crippen LogP contribution in [0.15, 0.2) is 27.6 Å². The van der Waals surface area contributed by atoms with Crippen molar-refractivity contribution in [3.63, 3.8) is 0 Å². The van der Waals surface area contributed by atoms with Crippen molar-refractivity contribution in [2.45, 2.75) is 37.0 Å². The molecule has 0 aromatic heterocycles. The average molecular weight is 376 g/mol. The molecule has 0 atom stereocenters. The molecule has 0 saturated heterocycles. The maximum Gasteiger partial charge on any atom is 0.336 e. The zero-order valence-electron chi connectivity index (χ0n) is 11.5. The van der Waals surface area contributed by atoms with Crippen molar-refractivity contribution in [2.24, 2.45) is 5.92 Å². The fourth-order valence-electron chi connectivity index (χ4n) is 2.54. The van der Waals surface area contributed by atoms with Gasteiger partial charge in [0.1, 0.15) is 0 Å². The van der Waals surface area contributed by atoms with E-state index < -0.39 is 16.0 Å². The molecule has 1 aromatic rings. The maximum atomic E-state index is 12.2. The van der Waals surface area contributed by atoms with Gasteiger partial charge in [0.15, 0.2) is 0 Å². The molecule has 0 heterocycles. The maximum absolute atomic E-state index is 12.2. The summed E-state index contributed by atoms with van der Waals surface area (Å²) in [6.07, 6.45) is 5.60. The van der Waals surface area contributed by atoms with Crippen molar-refractivity contribution in [2.75, 3.05) is 6.54 Å². The van der Waals surface area contributed by atoms with E-state index in [0.29, 0.717) is 16.9 Å². The lowest BCUT2D eigenvalue weighted by molar-refractivity contribution is 0.0695. The number of nitrogens with one attached hydrogen (secondary N) is 1. The zero-order chi connectivity index (χ0) is 15.5. The van der Waals surface area contributed by atoms with Crippen LogP contribution in [0.3, 0.4) is 0 Å². The van der Waals surface area contributed by atoms with E-state index in [-0.39, 0.29) is 10.5 Å². The minimum Gasteiger partial charge on any atom is -0.478 e. The van der Waals surface area contributed by atoms with Gasteiger partial charge < -0.3 is 5.11 Å². The van der Waals surface area contributed by atoms with Gasteiger partial charge in [0.05, 0.1) is 10.5 Å². The standard InChI is InChI=1S/C14H18BrNO4S/c15-13-7-6-11(8-12(13)14(17)18)21(19,20)16-9-10-4-2-1-3-5-10/h6-8,10,16H,1-5,9H2,(H,17,18). The summed E-state index contributed by atoms with van der Waals surface area (Å²) in [5, 5.41) is 9.04. The largest absolute Gasteiger partial charge is 0.478 e. The summed E-state index contributed by atoms with van der Waals surface area (Å²) in [7, 11) is -3.67. The van der Waals surface area contributed by atoms with Crippen molar-refractivity contribution < 1.29 is 18.3 Å². The summed E-state index contributed by atoms with van der Waals surface area (Å²) >= 11 is 3.10. The SMILES string of the molecule is O=C(O)c1cc(S(=O)(=O)NCC2CCCCC2)ccc1Br. The van der Waals surface area contributed by atoms with Gasteiger partial charge in [-0.3, -0.25) is 0 Å². The number of sulfonamides is 1. The van der Waals surface area contributed by atoms with Crippen LogP contribution in [0.4, 0.5) is 0 Å². The van der Waals surface area contributed by atoms with E-state index >= 15 is 0 Å². The van der Waals surface area contributed by atoms with Crippen molar-refractivity contribution in [1.29, 1.82) is 0 Å². The number of rotatable bonds is 5. The number of carboxylic acids is 1. The lowest BCUT2D eigenvalue weighted by Gasteiger charge is -2.21. The summed E-state index contributed by atoms with van der Waals surface area (Å²) < 4.78 is 27.4. The van der Waals surface area contributed by atoms with Gasteiger partial charge in [-0.05, 0) is 52.9 Å². The van der Waals surface area contributed by atoms with E-state index in [1.54, 1.807) is 0 Å². The lowest BCUT2D eigenvalue weighted by Crippen LogP contribution is -2.30. The number of benzene rings is 1. The highest BCUT2D eigenvalue weighted by Crippen LogP contribution is 2.24. The van der Waals surface area contributed by atoms with E-state index in [1.165, 1.54) is 24.6 Å². The molecule has 7 heteroatoms. The summed E-state index contributed by atoms with van der Waals surface area (Å²) in [4.78, 5) is 11.0. The Bertz CT molecular complexity index is 624. The molecule has 0 radical (unpaired) electrons. The quantitative estimate of drug-likeness (QED) is 0.828. The summed E-state index contributed by atoms with van der Waals surface area (Å²) in [6, 6.07) is 4.02. The molecule has 0 amide bonds. The predicted octanol–water partition coefficient (Wildman–Crippen LogP) is 3.01. The monoisotopic (exact) mass is 375 g/mol. The van der Waals surface area contributed by atoms with Gasteiger partial charge in [-0.15, -0.1) is 0 Å². The van der Waals surface area contributed by atoms with E-state index in [4.69, 9.17) is 5.11 Å². The highest BCUT2D eigenvalue weighted by atomic mass is 79.9. The average Bonchev–Trinajstić information content (AvgIpc) is 2.46. The van der Waals surface area contributed by atoms with Crippen molar-refractivity contribution in [1.82, 2.24) is 4.72 Å². The number of carboxylic acid groups (broad SMARTS) is 1. The summed E-state index contributed by atoms with van der Waals surface area (Å²) in [6.45, 7) is 0.417. The molecular weight excluding hydrogens is 358 g/mol. The van der Waals surface area contributed by atoms with Crippen molar-refractivity contribution in [3.05, 3.63) is 28.2 Å². The van der Waals surface area contributed by atoms with E-state index in [2.05, 4.69) is 20.7 Å². The molecular formula is C14H18BrNO4S. The van der Waals surface area contributed by atoms with Gasteiger partial charge in [-0.1, -0.05) is 19.3 Å². The minimum absolute atomic E-state index is 0.0149. The topological polar surface area (TPSA) is 83.5 Å². The van der Waals surface area contributed by atoms with Crippen LogP contribution in [-0.4, -0.2) is 26.0 Å². The second-order valence-electron chi connectivity index (χ2n) is 5.30. The number of carbonyl (C=O) groups is 1. The van der Waals surface area contributed by atoms with Crippen LogP contribution in [0.1, 0.15) is 42.5 Å². The molecule has 1 aliphatic carbocycles. The normalized spacial score (nSPS) is 16.8. The summed E-state index contributed by atoms with van der Waals surface area (Å²) in [5.74, 6) is -0.783. The molecule has 5 nitrogen and oxygen atoms in total. The Kier molecular flexibility index (Phi) is 5.40. The van der Waals surface area contributed by atoms with E-state index in [1.807, 2.05) is 0 Å². The Morgan fingerprint density at radius 1 is 1.29 bits per heavy atom. The molecule has 0 spiro atoms. The molecule has 1 saturated carbocycles. The number of halogens is 1. The van der Waals surface area contributed by atoms with Gasteiger partial charge >= 0.3 is 5.97 Å². The molecule has 2 rings (SSSR count). The molecule has 0 bridgehead atoms. The second-order valence-corrected chi connectivity index (χ2v) is 7.92. The minimum atomic E-state index is -3.67. The van der Waals surface area contributed by atoms with Crippen LogP contribution in [0, 0.1) is 5.92 Å². The van der Waals surface area contributed by atoms with Gasteiger partial charge in [-0.2, -0.15) is 0 Å².